The van der Waals surface area contributed by atoms with Crippen molar-refractivity contribution in [3.8, 4) is 0 Å². The number of carboxylic acids is 2. The summed E-state index contributed by atoms with van der Waals surface area (Å²) in [6.07, 6.45) is -7.27. The molecular weight excluding hydrogens is 408 g/mol. The number of carbonyl (C=O) groups excluding carboxylic acids is 3. The molecule has 0 radical (unpaired) electrons. The molecule has 0 heterocycles. The Morgan fingerprint density at radius 1 is 0.833 bits per heavy atom. The number of aldehydes is 1. The first-order chi connectivity index (χ1) is 14.0. The quantitative estimate of drug-likeness (QED) is 0.0883. The van der Waals surface area contributed by atoms with Gasteiger partial charge in [0.05, 0.1) is 0 Å². The Bertz CT molecular complexity index is 598. The molecule has 0 aliphatic heterocycles. The van der Waals surface area contributed by atoms with Crippen LogP contribution >= 0.6 is 0 Å². The maximum absolute atomic E-state index is 11.7. The Hall–Kier alpha value is -2.61. The summed E-state index contributed by atoms with van der Waals surface area (Å²) >= 11 is 0. The summed E-state index contributed by atoms with van der Waals surface area (Å²) in [5, 5.41) is 59.7. The van der Waals surface area contributed by atoms with E-state index in [-0.39, 0.29) is 25.8 Å². The van der Waals surface area contributed by atoms with Crippen LogP contribution in [0.3, 0.4) is 0 Å². The van der Waals surface area contributed by atoms with Gasteiger partial charge in [0.15, 0.2) is 12.2 Å². The zero-order valence-electron chi connectivity index (χ0n) is 16.1. The van der Waals surface area contributed by atoms with Gasteiger partial charge in [-0.2, -0.15) is 0 Å². The van der Waals surface area contributed by atoms with E-state index in [0.717, 1.165) is 0 Å². The van der Waals surface area contributed by atoms with Gasteiger partial charge in [-0.1, -0.05) is 6.42 Å². The number of aliphatic hydroxyl groups excluding tert-OH is 4. The minimum Gasteiger partial charge on any atom is -0.480 e. The predicted octanol–water partition coefficient (Wildman–Crippen LogP) is -3.26. The average Bonchev–Trinajstić information content (AvgIpc) is 2.70. The molecule has 0 saturated carbocycles. The zero-order chi connectivity index (χ0) is 23.3. The van der Waals surface area contributed by atoms with Gasteiger partial charge in [0.25, 0.3) is 5.91 Å². The van der Waals surface area contributed by atoms with Crippen molar-refractivity contribution >= 4 is 30.0 Å². The van der Waals surface area contributed by atoms with E-state index in [4.69, 9.17) is 15.3 Å². The number of aliphatic carboxylic acids is 2. The molecule has 2 amide bonds. The lowest BCUT2D eigenvalue weighted by molar-refractivity contribution is -0.166. The van der Waals surface area contributed by atoms with Crippen LogP contribution in [0.2, 0.25) is 0 Å². The third-order valence-electron chi connectivity index (χ3n) is 4.10. The smallest absolute Gasteiger partial charge is 0.335 e. The summed E-state index contributed by atoms with van der Waals surface area (Å²) < 4.78 is 0. The van der Waals surface area contributed by atoms with Crippen LogP contribution in [0, 0.1) is 0 Å². The molecule has 0 spiro atoms. The minimum absolute atomic E-state index is 0.00376. The van der Waals surface area contributed by atoms with Crippen LogP contribution in [-0.4, -0.2) is 97.7 Å². The molecule has 0 saturated heterocycles. The molecule has 13 heteroatoms. The lowest BCUT2D eigenvalue weighted by Crippen LogP contribution is -2.52. The maximum atomic E-state index is 11.7. The number of hydrogen-bond acceptors (Lipinski definition) is 9. The van der Waals surface area contributed by atoms with Crippen molar-refractivity contribution in [1.29, 1.82) is 0 Å². The third kappa shape index (κ3) is 10.2. The summed E-state index contributed by atoms with van der Waals surface area (Å²) in [7, 11) is 0. The van der Waals surface area contributed by atoms with E-state index in [9.17, 15) is 39.3 Å². The molecule has 0 bridgehead atoms. The van der Waals surface area contributed by atoms with Gasteiger partial charge in [-0.15, -0.1) is 0 Å². The van der Waals surface area contributed by atoms with Crippen LogP contribution in [-0.2, 0) is 24.0 Å². The van der Waals surface area contributed by atoms with E-state index in [1.165, 1.54) is 0 Å². The summed E-state index contributed by atoms with van der Waals surface area (Å²) in [5.41, 5.74) is 0. The number of rotatable bonds is 16. The second kappa shape index (κ2) is 14.4. The number of amides is 2. The van der Waals surface area contributed by atoms with Crippen LogP contribution in [0.1, 0.15) is 38.5 Å². The van der Waals surface area contributed by atoms with E-state index in [0.29, 0.717) is 25.5 Å². The van der Waals surface area contributed by atoms with Crippen molar-refractivity contribution in [2.75, 3.05) is 6.54 Å². The molecule has 172 valence electrons. The second-order valence-corrected chi connectivity index (χ2v) is 6.51. The van der Waals surface area contributed by atoms with Crippen LogP contribution < -0.4 is 10.6 Å². The highest BCUT2D eigenvalue weighted by Crippen LogP contribution is 2.06. The highest BCUT2D eigenvalue weighted by Gasteiger charge is 2.37. The molecule has 30 heavy (non-hydrogen) atoms. The Kier molecular flexibility index (Phi) is 13.1. The molecule has 5 atom stereocenters. The number of hydrogen-bond donors (Lipinski definition) is 8. The molecule has 0 aromatic rings. The van der Waals surface area contributed by atoms with Crippen LogP contribution in [0.4, 0.5) is 0 Å². The molecule has 0 aliphatic rings. The first kappa shape index (κ1) is 27.4. The fourth-order valence-electron chi connectivity index (χ4n) is 2.34. The summed E-state index contributed by atoms with van der Waals surface area (Å²) in [6.45, 7) is 0.0406. The lowest BCUT2D eigenvalue weighted by atomic mass is 10.0. The monoisotopic (exact) mass is 436 g/mol. The number of unbranched alkanes of at least 4 members (excludes halogenated alkanes) is 2. The average molecular weight is 436 g/mol. The molecule has 0 unspecified atom stereocenters. The number of carboxylic acid groups (broad SMARTS) is 2. The number of aliphatic hydroxyl groups is 4. The SMILES string of the molecule is O=CCC[C@H](NC(=O)CCCCCNC(=O)[C@@H](O)[C@H](O)[C@H](O)[C@@H](O)C(=O)O)C(=O)O. The standard InChI is InChI=1S/C17H28N2O11/c20-8-4-5-9(16(27)28)19-10(21)6-2-1-3-7-18-15(26)13(24)11(22)12(23)14(25)17(29)30/h8-9,11-14,22-25H,1-7H2,(H,18,26)(H,19,21)(H,27,28)(H,29,30)/t9-,11+,12-,13-,14+/m0/s1. The van der Waals surface area contributed by atoms with Crippen molar-refractivity contribution in [2.24, 2.45) is 0 Å². The van der Waals surface area contributed by atoms with E-state index in [2.05, 4.69) is 10.6 Å². The van der Waals surface area contributed by atoms with E-state index < -0.39 is 54.2 Å². The highest BCUT2D eigenvalue weighted by atomic mass is 16.4. The zero-order valence-corrected chi connectivity index (χ0v) is 16.1. The Morgan fingerprint density at radius 2 is 1.43 bits per heavy atom. The normalized spacial score (nSPS) is 15.9. The molecule has 0 aromatic heterocycles. The third-order valence-corrected chi connectivity index (χ3v) is 4.10. The van der Waals surface area contributed by atoms with Gasteiger partial charge in [-0.25, -0.2) is 9.59 Å². The van der Waals surface area contributed by atoms with E-state index >= 15 is 0 Å². The van der Waals surface area contributed by atoms with Crippen molar-refractivity contribution in [1.82, 2.24) is 10.6 Å². The van der Waals surface area contributed by atoms with Crippen molar-refractivity contribution in [2.45, 2.75) is 69.0 Å². The molecule has 0 fully saturated rings. The van der Waals surface area contributed by atoms with Crippen molar-refractivity contribution < 1.29 is 54.6 Å². The molecule has 0 aromatic carbocycles. The predicted molar refractivity (Wildman–Crippen MR) is 98.0 cm³/mol. The molecule has 0 rings (SSSR count). The molecule has 0 aliphatic carbocycles. The fraction of sp³-hybridized carbons (Fsp3) is 0.706. The van der Waals surface area contributed by atoms with Gasteiger partial charge in [0, 0.05) is 19.4 Å². The van der Waals surface area contributed by atoms with Gasteiger partial charge >= 0.3 is 11.9 Å². The van der Waals surface area contributed by atoms with Crippen LogP contribution in [0.5, 0.6) is 0 Å². The first-order valence-electron chi connectivity index (χ1n) is 9.21. The van der Waals surface area contributed by atoms with Gasteiger partial charge in [0.1, 0.15) is 24.5 Å². The summed E-state index contributed by atoms with van der Waals surface area (Å²) in [5.74, 6) is -4.66. The largest absolute Gasteiger partial charge is 0.480 e. The van der Waals surface area contributed by atoms with Gasteiger partial charge in [-0.3, -0.25) is 9.59 Å². The van der Waals surface area contributed by atoms with Crippen molar-refractivity contribution in [3.05, 3.63) is 0 Å². The minimum atomic E-state index is -2.38. The van der Waals surface area contributed by atoms with Crippen LogP contribution in [0.15, 0.2) is 0 Å². The Labute approximate surface area is 171 Å². The summed E-state index contributed by atoms with van der Waals surface area (Å²) in [4.78, 5) is 55.2. The molecule has 8 N–H and O–H groups in total. The van der Waals surface area contributed by atoms with Gasteiger partial charge < -0.3 is 46.1 Å². The van der Waals surface area contributed by atoms with Gasteiger partial charge in [-0.05, 0) is 19.3 Å². The van der Waals surface area contributed by atoms with Crippen molar-refractivity contribution in [3.63, 3.8) is 0 Å². The number of nitrogens with one attached hydrogen (secondary N) is 2. The van der Waals surface area contributed by atoms with E-state index in [1.807, 2.05) is 0 Å². The molecule has 13 nitrogen and oxygen atoms in total. The fourth-order valence-corrected chi connectivity index (χ4v) is 2.34. The Balaban J connectivity index is 4.13. The van der Waals surface area contributed by atoms with Gasteiger partial charge in [0.2, 0.25) is 5.91 Å². The Morgan fingerprint density at radius 3 is 1.97 bits per heavy atom. The van der Waals surface area contributed by atoms with E-state index in [1.54, 1.807) is 0 Å². The topological polar surface area (TPSA) is 231 Å². The highest BCUT2D eigenvalue weighted by molar-refractivity contribution is 5.83. The van der Waals surface area contributed by atoms with Crippen LogP contribution in [0.25, 0.3) is 0 Å². The first-order valence-corrected chi connectivity index (χ1v) is 9.21. The number of carbonyl (C=O) groups is 5. The molecular formula is C17H28N2O11. The maximum Gasteiger partial charge on any atom is 0.335 e. The lowest BCUT2D eigenvalue weighted by Gasteiger charge is -2.23. The summed E-state index contributed by atoms with van der Waals surface area (Å²) in [6, 6.07) is -1.15. The second-order valence-electron chi connectivity index (χ2n) is 6.51.